The molecule has 0 bridgehead atoms. The Morgan fingerprint density at radius 2 is 1.76 bits per heavy atom. The summed E-state index contributed by atoms with van der Waals surface area (Å²) in [5.74, 6) is 1.10. The Kier molecular flexibility index (Phi) is 11.8. The van der Waals surface area contributed by atoms with Gasteiger partial charge in [-0.05, 0) is 60.8 Å². The molecule has 0 saturated carbocycles. The monoisotopic (exact) mass is 672 g/mol. The van der Waals surface area contributed by atoms with Gasteiger partial charge in [-0.25, -0.2) is 4.79 Å². The summed E-state index contributed by atoms with van der Waals surface area (Å²) in [7, 11) is 0. The number of hydrogen-bond donors (Lipinski definition) is 2. The van der Waals surface area contributed by atoms with Crippen molar-refractivity contribution in [2.45, 2.75) is 45.9 Å². The van der Waals surface area contributed by atoms with E-state index in [4.69, 9.17) is 24.1 Å². The minimum absolute atomic E-state index is 0.116. The summed E-state index contributed by atoms with van der Waals surface area (Å²) in [6.45, 7) is 7.55. The van der Waals surface area contributed by atoms with Crippen molar-refractivity contribution in [2.75, 3.05) is 19.8 Å². The van der Waals surface area contributed by atoms with Crippen LogP contribution >= 0.6 is 0 Å². The van der Waals surface area contributed by atoms with Crippen LogP contribution in [0.2, 0.25) is 0 Å². The average Bonchev–Trinajstić information content (AvgIpc) is 3.13. The first-order valence-corrected chi connectivity index (χ1v) is 16.0. The van der Waals surface area contributed by atoms with Crippen LogP contribution in [0.4, 0.5) is 0 Å². The first-order chi connectivity index (χ1) is 24.2. The Bertz CT molecular complexity index is 1990. The minimum Gasteiger partial charge on any atom is -0.488 e. The van der Waals surface area contributed by atoms with Gasteiger partial charge in [0.1, 0.15) is 55.8 Å². The lowest BCUT2D eigenvalue weighted by Gasteiger charge is -2.19. The number of pyridine rings is 1. The van der Waals surface area contributed by atoms with Gasteiger partial charge in [-0.2, -0.15) is 10.5 Å². The summed E-state index contributed by atoms with van der Waals surface area (Å²) in [4.78, 5) is 27.2. The average molecular weight is 673 g/mol. The molecule has 0 fully saturated rings. The molecule has 0 radical (unpaired) electrons. The van der Waals surface area contributed by atoms with E-state index in [1.807, 2.05) is 55.5 Å². The number of hydrogen-bond acceptors (Lipinski definition) is 10. The molecule has 11 heteroatoms. The van der Waals surface area contributed by atoms with Crippen LogP contribution in [0.25, 0.3) is 11.1 Å². The number of aryl methyl sites for hydroxylation is 1. The molecule has 1 aliphatic heterocycles. The number of rotatable bonds is 16. The molecule has 0 atom stereocenters. The number of carbonyl (C=O) groups is 2. The summed E-state index contributed by atoms with van der Waals surface area (Å²) in [6, 6.07) is 21.2. The second kappa shape index (κ2) is 16.8. The molecule has 0 spiro atoms. The van der Waals surface area contributed by atoms with E-state index >= 15 is 0 Å². The number of Topliss-reactive ketones (excluding diaryl/α,β-unsaturated/α-hetero) is 1. The van der Waals surface area contributed by atoms with E-state index in [-0.39, 0.29) is 37.4 Å². The number of carboxylic acids is 1. The maximum atomic E-state index is 12.1. The number of benzene rings is 3. The van der Waals surface area contributed by atoms with E-state index in [2.05, 4.69) is 29.0 Å². The maximum Gasteiger partial charge on any atom is 0.331 e. The van der Waals surface area contributed by atoms with Crippen molar-refractivity contribution in [1.82, 2.24) is 10.3 Å². The molecule has 2 N–H and O–H groups in total. The van der Waals surface area contributed by atoms with Crippen LogP contribution in [0.3, 0.4) is 0 Å². The number of aromatic nitrogens is 1. The van der Waals surface area contributed by atoms with Gasteiger partial charge in [0.25, 0.3) is 0 Å². The molecule has 3 aromatic carbocycles. The van der Waals surface area contributed by atoms with E-state index in [0.29, 0.717) is 72.4 Å². The third kappa shape index (κ3) is 9.04. The highest BCUT2D eigenvalue weighted by Crippen LogP contribution is 2.37. The molecule has 4 aromatic rings. The predicted molar refractivity (Wildman–Crippen MR) is 184 cm³/mol. The summed E-state index contributed by atoms with van der Waals surface area (Å²) >= 11 is 0. The number of nitrogens with zero attached hydrogens (tertiary/aromatic N) is 3. The molecule has 50 heavy (non-hydrogen) atoms. The maximum absolute atomic E-state index is 12.1. The van der Waals surface area contributed by atoms with E-state index in [0.717, 1.165) is 27.8 Å². The highest BCUT2D eigenvalue weighted by molar-refractivity contribution is 5.94. The van der Waals surface area contributed by atoms with Crippen molar-refractivity contribution in [3.8, 4) is 46.3 Å². The van der Waals surface area contributed by atoms with Gasteiger partial charge >= 0.3 is 5.97 Å². The van der Waals surface area contributed by atoms with Crippen LogP contribution in [-0.4, -0.2) is 41.6 Å². The Hall–Kier alpha value is -6.17. The zero-order valence-corrected chi connectivity index (χ0v) is 27.7. The third-order valence-corrected chi connectivity index (χ3v) is 8.01. The fraction of sp³-hybridized carbons (Fsp3) is 0.256. The van der Waals surface area contributed by atoms with Gasteiger partial charge in [0, 0.05) is 60.1 Å². The lowest BCUT2D eigenvalue weighted by atomic mass is 9.96. The summed E-state index contributed by atoms with van der Waals surface area (Å²) in [6.07, 6.45) is 3.71. The number of aliphatic carboxylic acids is 1. The molecule has 2 heterocycles. The van der Waals surface area contributed by atoms with Crippen LogP contribution in [-0.2, 0) is 29.3 Å². The molecule has 0 aliphatic carbocycles. The van der Waals surface area contributed by atoms with Gasteiger partial charge in [0.05, 0.1) is 11.1 Å². The highest BCUT2D eigenvalue weighted by atomic mass is 16.6. The van der Waals surface area contributed by atoms with E-state index in [9.17, 15) is 20.1 Å². The lowest BCUT2D eigenvalue weighted by molar-refractivity contribution is -0.133. The van der Waals surface area contributed by atoms with Crippen molar-refractivity contribution in [2.24, 2.45) is 0 Å². The Morgan fingerprint density at radius 1 is 0.960 bits per heavy atom. The lowest BCUT2D eigenvalue weighted by Crippen LogP contribution is -2.17. The van der Waals surface area contributed by atoms with Crippen LogP contribution in [0.1, 0.15) is 52.6 Å². The van der Waals surface area contributed by atoms with Crippen LogP contribution in [0.15, 0.2) is 79.1 Å². The van der Waals surface area contributed by atoms with Crippen molar-refractivity contribution in [3.63, 3.8) is 0 Å². The van der Waals surface area contributed by atoms with Gasteiger partial charge in [-0.15, -0.1) is 0 Å². The molecular weight excluding hydrogens is 636 g/mol. The largest absolute Gasteiger partial charge is 0.488 e. The molecule has 1 aliphatic rings. The Labute approximate surface area is 290 Å². The third-order valence-electron chi connectivity index (χ3n) is 8.01. The first kappa shape index (κ1) is 35.1. The number of carbonyl (C=O) groups excluding carboxylic acids is 1. The Morgan fingerprint density at radius 3 is 2.54 bits per heavy atom. The smallest absolute Gasteiger partial charge is 0.331 e. The van der Waals surface area contributed by atoms with Gasteiger partial charge in [0.15, 0.2) is 11.5 Å². The number of ketones is 1. The van der Waals surface area contributed by atoms with Crippen molar-refractivity contribution >= 4 is 11.8 Å². The fourth-order valence-electron chi connectivity index (χ4n) is 5.44. The highest BCUT2D eigenvalue weighted by Gasteiger charge is 2.17. The number of ether oxygens (including phenoxy) is 4. The topological polar surface area (TPSA) is 164 Å². The van der Waals surface area contributed by atoms with E-state index in [1.165, 1.54) is 6.20 Å². The molecule has 11 nitrogen and oxygen atoms in total. The van der Waals surface area contributed by atoms with Gasteiger partial charge in [-0.3, -0.25) is 9.78 Å². The standard InChI is InChI=1S/C39H36N4O7/c1-25-13-31(22-42-10-4-6-32(44)14-26(2)39(45)46)37(49-23-28-15-27(18-40)20-43-21-28)17-36(25)50-24-30-5-3-7-33(34(30)19-41)29-8-9-35-38(16-29)48-12-11-47-35/h3,5,7-9,13,15-17,20-21,42H,2,4,6,10-12,14,22-24H2,1H3,(H,45,46). The van der Waals surface area contributed by atoms with Crippen molar-refractivity contribution in [3.05, 3.63) is 113 Å². The Balaban J connectivity index is 1.31. The number of nitriles is 2. The quantitative estimate of drug-likeness (QED) is 0.103. The predicted octanol–water partition coefficient (Wildman–Crippen LogP) is 6.20. The van der Waals surface area contributed by atoms with Crippen LogP contribution in [0, 0.1) is 29.6 Å². The molecule has 254 valence electrons. The SMILES string of the molecule is C=C(CC(=O)CCCNCc1cc(C)c(OCc2cccc(-c3ccc4c(c3)OCCO4)c2C#N)cc1OCc1cncc(C#N)c1)C(=O)O. The number of fused-ring (bicyclic) bond motifs is 1. The molecular formula is C39H36N4O7. The second-order valence-electron chi connectivity index (χ2n) is 11.7. The number of nitrogens with one attached hydrogen (secondary N) is 1. The summed E-state index contributed by atoms with van der Waals surface area (Å²) in [5, 5.41) is 31.8. The van der Waals surface area contributed by atoms with Crippen LogP contribution < -0.4 is 24.3 Å². The molecule has 0 saturated heterocycles. The van der Waals surface area contributed by atoms with Gasteiger partial charge < -0.3 is 29.4 Å². The number of carboxylic acid groups (broad SMARTS) is 1. The fourth-order valence-corrected chi connectivity index (χ4v) is 5.44. The van der Waals surface area contributed by atoms with E-state index < -0.39 is 5.97 Å². The zero-order chi connectivity index (χ0) is 35.5. The second-order valence-corrected chi connectivity index (χ2v) is 11.7. The van der Waals surface area contributed by atoms with Crippen LogP contribution in [0.5, 0.6) is 23.0 Å². The molecule has 5 rings (SSSR count). The summed E-state index contributed by atoms with van der Waals surface area (Å²) in [5.41, 5.74) is 5.54. The van der Waals surface area contributed by atoms with Crippen molar-refractivity contribution < 1.29 is 33.6 Å². The van der Waals surface area contributed by atoms with E-state index in [1.54, 1.807) is 12.3 Å². The molecule has 1 aromatic heterocycles. The van der Waals surface area contributed by atoms with Crippen molar-refractivity contribution in [1.29, 1.82) is 10.5 Å². The normalized spacial score (nSPS) is 11.6. The minimum atomic E-state index is -1.17. The zero-order valence-electron chi connectivity index (χ0n) is 27.7. The first-order valence-electron chi connectivity index (χ1n) is 16.0. The molecule has 0 amide bonds. The summed E-state index contributed by atoms with van der Waals surface area (Å²) < 4.78 is 24.0. The van der Waals surface area contributed by atoms with Gasteiger partial charge in [0.2, 0.25) is 0 Å². The van der Waals surface area contributed by atoms with Gasteiger partial charge in [-0.1, -0.05) is 30.8 Å². The molecule has 0 unspecified atom stereocenters.